The number of aromatic hydroxyl groups is 1. The SMILES string of the molecule is Cc1c(O)ccc2c(=O)c3cccc(CC(=O)O)c3oc12. The molecule has 0 aliphatic heterocycles. The molecule has 1 aromatic heterocycles. The first-order valence-corrected chi connectivity index (χ1v) is 6.38. The van der Waals surface area contributed by atoms with Gasteiger partial charge in [-0.15, -0.1) is 0 Å². The summed E-state index contributed by atoms with van der Waals surface area (Å²) in [6.45, 7) is 1.65. The van der Waals surface area contributed by atoms with Crippen molar-refractivity contribution in [3.63, 3.8) is 0 Å². The van der Waals surface area contributed by atoms with Crippen LogP contribution in [0, 0.1) is 6.92 Å². The van der Waals surface area contributed by atoms with Crippen LogP contribution in [0.1, 0.15) is 11.1 Å². The fourth-order valence-electron chi connectivity index (χ4n) is 2.43. The van der Waals surface area contributed by atoms with E-state index in [0.717, 1.165) is 0 Å². The number of carbonyl (C=O) groups is 1. The van der Waals surface area contributed by atoms with Crippen LogP contribution in [0.3, 0.4) is 0 Å². The summed E-state index contributed by atoms with van der Waals surface area (Å²) in [6.07, 6.45) is -0.232. The number of rotatable bonds is 2. The van der Waals surface area contributed by atoms with Crippen molar-refractivity contribution in [1.82, 2.24) is 0 Å². The number of carboxylic acid groups (broad SMARTS) is 1. The van der Waals surface area contributed by atoms with E-state index in [1.807, 2.05) is 0 Å². The van der Waals surface area contributed by atoms with Crippen LogP contribution in [0.5, 0.6) is 5.75 Å². The van der Waals surface area contributed by atoms with Crippen LogP contribution >= 0.6 is 0 Å². The van der Waals surface area contributed by atoms with Crippen molar-refractivity contribution >= 4 is 27.9 Å². The average Bonchev–Trinajstić information content (AvgIpc) is 2.44. The Kier molecular flexibility index (Phi) is 2.90. The summed E-state index contributed by atoms with van der Waals surface area (Å²) < 4.78 is 5.75. The zero-order valence-corrected chi connectivity index (χ0v) is 11.2. The van der Waals surface area contributed by atoms with Crippen molar-refractivity contribution in [3.05, 3.63) is 51.7 Å². The molecule has 1 heterocycles. The molecule has 3 aromatic rings. The van der Waals surface area contributed by atoms with Crippen LogP contribution in [-0.2, 0) is 11.2 Å². The largest absolute Gasteiger partial charge is 0.508 e. The molecule has 0 aliphatic rings. The lowest BCUT2D eigenvalue weighted by Crippen LogP contribution is -2.06. The number of hydrogen-bond acceptors (Lipinski definition) is 4. The van der Waals surface area contributed by atoms with E-state index in [2.05, 4.69) is 0 Å². The van der Waals surface area contributed by atoms with Crippen molar-refractivity contribution in [2.45, 2.75) is 13.3 Å². The Hall–Kier alpha value is -2.82. The minimum absolute atomic E-state index is 0.0284. The lowest BCUT2D eigenvalue weighted by atomic mass is 10.0. The van der Waals surface area contributed by atoms with E-state index in [9.17, 15) is 14.7 Å². The zero-order valence-electron chi connectivity index (χ0n) is 11.2. The van der Waals surface area contributed by atoms with Gasteiger partial charge in [0, 0.05) is 11.1 Å². The van der Waals surface area contributed by atoms with Crippen molar-refractivity contribution in [3.8, 4) is 5.75 Å². The molecule has 3 rings (SSSR count). The number of phenols is 1. The number of fused-ring (bicyclic) bond motifs is 2. The number of aliphatic carboxylic acids is 1. The molecule has 21 heavy (non-hydrogen) atoms. The number of carboxylic acids is 1. The standard InChI is InChI=1S/C16H12O5/c1-8-12(17)6-5-11-14(20)10-4-2-3-9(7-13(18)19)16(10)21-15(8)11/h2-6,17H,7H2,1H3,(H,18,19). The maximum atomic E-state index is 12.5. The molecule has 0 spiro atoms. The lowest BCUT2D eigenvalue weighted by molar-refractivity contribution is -0.136. The van der Waals surface area contributed by atoms with E-state index in [4.69, 9.17) is 9.52 Å². The normalized spacial score (nSPS) is 11.1. The Morgan fingerprint density at radius 3 is 2.57 bits per heavy atom. The number of hydrogen-bond donors (Lipinski definition) is 2. The van der Waals surface area contributed by atoms with Crippen molar-refractivity contribution in [2.24, 2.45) is 0 Å². The Morgan fingerprint density at radius 1 is 1.14 bits per heavy atom. The molecule has 2 aromatic carbocycles. The summed E-state index contributed by atoms with van der Waals surface area (Å²) in [5.74, 6) is -0.974. The molecule has 0 fully saturated rings. The van der Waals surface area contributed by atoms with Crippen LogP contribution in [0.2, 0.25) is 0 Å². The summed E-state index contributed by atoms with van der Waals surface area (Å²) in [5.41, 5.74) is 1.19. The molecule has 0 amide bonds. The van der Waals surface area contributed by atoms with Crippen LogP contribution < -0.4 is 5.43 Å². The summed E-state index contributed by atoms with van der Waals surface area (Å²) in [6, 6.07) is 7.81. The molecule has 0 aliphatic carbocycles. The molecular formula is C16H12O5. The van der Waals surface area contributed by atoms with E-state index in [1.54, 1.807) is 25.1 Å². The molecule has 5 nitrogen and oxygen atoms in total. The first-order chi connectivity index (χ1) is 9.99. The molecule has 0 bridgehead atoms. The van der Waals surface area contributed by atoms with Crippen LogP contribution in [0.25, 0.3) is 21.9 Å². The molecule has 5 heteroatoms. The van der Waals surface area contributed by atoms with Gasteiger partial charge in [0.1, 0.15) is 16.9 Å². The van der Waals surface area contributed by atoms with Gasteiger partial charge in [-0.05, 0) is 25.1 Å². The predicted molar refractivity (Wildman–Crippen MR) is 77.7 cm³/mol. The molecule has 0 atom stereocenters. The topological polar surface area (TPSA) is 87.7 Å². The third kappa shape index (κ3) is 2.03. The van der Waals surface area contributed by atoms with Crippen LogP contribution in [0.4, 0.5) is 0 Å². The fourth-order valence-corrected chi connectivity index (χ4v) is 2.43. The van der Waals surface area contributed by atoms with Crippen molar-refractivity contribution in [1.29, 1.82) is 0 Å². The fraction of sp³-hybridized carbons (Fsp3) is 0.125. The molecular weight excluding hydrogens is 272 g/mol. The van der Waals surface area contributed by atoms with Crippen LogP contribution in [-0.4, -0.2) is 16.2 Å². The van der Waals surface area contributed by atoms with Gasteiger partial charge in [0.05, 0.1) is 17.2 Å². The summed E-state index contributed by atoms with van der Waals surface area (Å²) >= 11 is 0. The zero-order chi connectivity index (χ0) is 15.1. The quantitative estimate of drug-likeness (QED) is 0.706. The summed E-state index contributed by atoms with van der Waals surface area (Å²) in [5, 5.41) is 19.4. The van der Waals surface area contributed by atoms with Crippen LogP contribution in [0.15, 0.2) is 39.5 Å². The highest BCUT2D eigenvalue weighted by atomic mass is 16.4. The third-order valence-electron chi connectivity index (χ3n) is 3.51. The molecule has 0 saturated carbocycles. The molecule has 2 N–H and O–H groups in total. The van der Waals surface area contributed by atoms with Gasteiger partial charge in [-0.25, -0.2) is 0 Å². The van der Waals surface area contributed by atoms with E-state index < -0.39 is 5.97 Å². The van der Waals surface area contributed by atoms with E-state index in [1.165, 1.54) is 12.1 Å². The highest BCUT2D eigenvalue weighted by molar-refractivity contribution is 5.94. The maximum Gasteiger partial charge on any atom is 0.307 e. The Labute approximate surface area is 119 Å². The van der Waals surface area contributed by atoms with Gasteiger partial charge in [0.2, 0.25) is 5.43 Å². The summed E-state index contributed by atoms with van der Waals surface area (Å²) in [4.78, 5) is 23.4. The minimum atomic E-state index is -1.00. The Morgan fingerprint density at radius 2 is 1.86 bits per heavy atom. The van der Waals surface area contributed by atoms with Gasteiger partial charge >= 0.3 is 5.97 Å². The van der Waals surface area contributed by atoms with E-state index >= 15 is 0 Å². The number of para-hydroxylation sites is 1. The number of aryl methyl sites for hydroxylation is 1. The Balaban J connectivity index is 2.49. The first-order valence-electron chi connectivity index (χ1n) is 6.38. The molecule has 0 radical (unpaired) electrons. The summed E-state index contributed by atoms with van der Waals surface area (Å²) in [7, 11) is 0. The second-order valence-electron chi connectivity index (χ2n) is 4.88. The van der Waals surface area contributed by atoms with Gasteiger partial charge in [-0.3, -0.25) is 9.59 Å². The first kappa shape index (κ1) is 13.2. The van der Waals surface area contributed by atoms with Crippen molar-refractivity contribution in [2.75, 3.05) is 0 Å². The third-order valence-corrected chi connectivity index (χ3v) is 3.51. The predicted octanol–water partition coefficient (Wildman–Crippen LogP) is 2.59. The van der Waals surface area contributed by atoms with Gasteiger partial charge in [0.25, 0.3) is 0 Å². The second kappa shape index (κ2) is 4.63. The number of benzene rings is 2. The monoisotopic (exact) mass is 284 g/mol. The molecule has 0 unspecified atom stereocenters. The van der Waals surface area contributed by atoms with Gasteiger partial charge in [-0.1, -0.05) is 12.1 Å². The molecule has 106 valence electrons. The number of phenolic OH excluding ortho intramolecular Hbond substituents is 1. The van der Waals surface area contributed by atoms with E-state index in [-0.39, 0.29) is 28.8 Å². The van der Waals surface area contributed by atoms with Gasteiger partial charge < -0.3 is 14.6 Å². The highest BCUT2D eigenvalue weighted by Gasteiger charge is 2.15. The molecule has 0 saturated heterocycles. The van der Waals surface area contributed by atoms with Crippen molar-refractivity contribution < 1.29 is 19.4 Å². The van der Waals surface area contributed by atoms with Gasteiger partial charge in [0.15, 0.2) is 0 Å². The Bertz CT molecular complexity index is 937. The average molecular weight is 284 g/mol. The smallest absolute Gasteiger partial charge is 0.307 e. The van der Waals surface area contributed by atoms with Gasteiger partial charge in [-0.2, -0.15) is 0 Å². The minimum Gasteiger partial charge on any atom is -0.508 e. The maximum absolute atomic E-state index is 12.5. The van der Waals surface area contributed by atoms with E-state index in [0.29, 0.717) is 21.9 Å². The second-order valence-corrected chi connectivity index (χ2v) is 4.88. The lowest BCUT2D eigenvalue weighted by Gasteiger charge is -2.08. The highest BCUT2D eigenvalue weighted by Crippen LogP contribution is 2.28.